The summed E-state index contributed by atoms with van der Waals surface area (Å²) in [6.45, 7) is 0. The zero-order valence-corrected chi connectivity index (χ0v) is 18.8. The third-order valence-electron chi connectivity index (χ3n) is 3.90. The highest BCUT2D eigenvalue weighted by Gasteiger charge is 2.11. The van der Waals surface area contributed by atoms with Gasteiger partial charge in [-0.25, -0.2) is 0 Å². The summed E-state index contributed by atoms with van der Waals surface area (Å²) in [5.41, 5.74) is 1.45. The molecular weight excluding hydrogens is 518 g/mol. The molecule has 0 fully saturated rings. The number of nitrogens with one attached hydrogen (secondary N) is 1. The van der Waals surface area contributed by atoms with Crippen molar-refractivity contribution in [1.29, 1.82) is 0 Å². The number of carbonyl (C=O) groups is 1. The van der Waals surface area contributed by atoms with E-state index < -0.39 is 0 Å². The quantitative estimate of drug-likeness (QED) is 0.309. The van der Waals surface area contributed by atoms with Crippen molar-refractivity contribution in [2.75, 3.05) is 5.32 Å². The monoisotopic (exact) mass is 529 g/mol. The van der Waals surface area contributed by atoms with Gasteiger partial charge in [-0.2, -0.15) is 0 Å². The molecule has 144 valence electrons. The lowest BCUT2D eigenvalue weighted by Gasteiger charge is -2.06. The zero-order valence-electron chi connectivity index (χ0n) is 14.8. The Labute approximate surface area is 188 Å². The molecule has 1 heterocycles. The highest BCUT2D eigenvalue weighted by molar-refractivity contribution is 9.10. The molecule has 0 atom stereocenters. The second-order valence-electron chi connectivity index (χ2n) is 5.95. The fourth-order valence-electron chi connectivity index (χ4n) is 2.47. The first-order valence-corrected chi connectivity index (χ1v) is 10.9. The van der Waals surface area contributed by atoms with Crippen LogP contribution in [0.3, 0.4) is 0 Å². The molecule has 4 rings (SSSR count). The summed E-state index contributed by atoms with van der Waals surface area (Å²) in [7, 11) is 0. The molecule has 4 aromatic rings. The van der Waals surface area contributed by atoms with E-state index in [0.29, 0.717) is 15.7 Å². The summed E-state index contributed by atoms with van der Waals surface area (Å²) in [6, 6.07) is 22.3. The molecule has 0 saturated heterocycles. The Morgan fingerprint density at radius 3 is 1.97 bits per heavy atom. The topological polar surface area (TPSA) is 64.1 Å². The molecule has 0 unspecified atom stereocenters. The van der Waals surface area contributed by atoms with Gasteiger partial charge in [0.2, 0.25) is 5.13 Å². The van der Waals surface area contributed by atoms with Gasteiger partial charge in [-0.1, -0.05) is 43.2 Å². The van der Waals surface area contributed by atoms with Gasteiger partial charge in [-0.05, 0) is 72.8 Å². The maximum absolute atomic E-state index is 12.3. The molecule has 0 spiro atoms. The number of ether oxygens (including phenoxy) is 1. The lowest BCUT2D eigenvalue weighted by atomic mass is 10.2. The van der Waals surface area contributed by atoms with Gasteiger partial charge in [0.05, 0.1) is 0 Å². The zero-order chi connectivity index (χ0) is 20.2. The predicted octanol–water partition coefficient (Wildman–Crippen LogP) is 6.77. The van der Waals surface area contributed by atoms with E-state index >= 15 is 0 Å². The van der Waals surface area contributed by atoms with Crippen molar-refractivity contribution < 1.29 is 9.53 Å². The van der Waals surface area contributed by atoms with Gasteiger partial charge in [-0.3, -0.25) is 10.1 Å². The molecule has 29 heavy (non-hydrogen) atoms. The van der Waals surface area contributed by atoms with Crippen LogP contribution in [0.25, 0.3) is 10.6 Å². The van der Waals surface area contributed by atoms with E-state index in [0.717, 1.165) is 26.0 Å². The van der Waals surface area contributed by atoms with Gasteiger partial charge in [0.25, 0.3) is 5.91 Å². The predicted molar refractivity (Wildman–Crippen MR) is 122 cm³/mol. The van der Waals surface area contributed by atoms with Crippen LogP contribution in [0.5, 0.6) is 11.5 Å². The van der Waals surface area contributed by atoms with Crippen LogP contribution in [0.4, 0.5) is 5.13 Å². The van der Waals surface area contributed by atoms with Crippen molar-refractivity contribution in [3.63, 3.8) is 0 Å². The first-order valence-electron chi connectivity index (χ1n) is 8.51. The smallest absolute Gasteiger partial charge is 0.257 e. The van der Waals surface area contributed by atoms with Crippen molar-refractivity contribution in [2.24, 2.45) is 0 Å². The number of halogens is 2. The number of hydrogen-bond acceptors (Lipinski definition) is 5. The summed E-state index contributed by atoms with van der Waals surface area (Å²) >= 11 is 8.07. The highest BCUT2D eigenvalue weighted by Crippen LogP contribution is 2.30. The van der Waals surface area contributed by atoms with E-state index in [-0.39, 0.29) is 5.91 Å². The molecule has 0 radical (unpaired) electrons. The van der Waals surface area contributed by atoms with Crippen LogP contribution in [-0.4, -0.2) is 16.1 Å². The molecular formula is C21H13Br2N3O2S. The fourth-order valence-corrected chi connectivity index (χ4v) is 3.74. The number of benzene rings is 3. The molecule has 5 nitrogen and oxygen atoms in total. The van der Waals surface area contributed by atoms with Gasteiger partial charge in [-0.15, -0.1) is 10.2 Å². The number of amides is 1. The van der Waals surface area contributed by atoms with Crippen LogP contribution >= 0.6 is 43.2 Å². The van der Waals surface area contributed by atoms with Gasteiger partial charge >= 0.3 is 0 Å². The Bertz CT molecular complexity index is 1130. The van der Waals surface area contributed by atoms with E-state index in [1.165, 1.54) is 11.3 Å². The molecule has 0 aliphatic rings. The summed E-state index contributed by atoms with van der Waals surface area (Å²) in [6.07, 6.45) is 0. The molecule has 1 N–H and O–H groups in total. The number of nitrogens with zero attached hydrogens (tertiary/aromatic N) is 2. The van der Waals surface area contributed by atoms with Crippen LogP contribution in [0.1, 0.15) is 10.4 Å². The maximum atomic E-state index is 12.3. The Kier molecular flexibility index (Phi) is 6.03. The lowest BCUT2D eigenvalue weighted by molar-refractivity contribution is 0.102. The van der Waals surface area contributed by atoms with E-state index in [2.05, 4.69) is 47.4 Å². The molecule has 1 aromatic heterocycles. The van der Waals surface area contributed by atoms with Crippen LogP contribution in [0.15, 0.2) is 81.7 Å². The summed E-state index contributed by atoms with van der Waals surface area (Å²) in [5.74, 6) is 1.26. The molecule has 0 bridgehead atoms. The Hall–Kier alpha value is -2.55. The number of rotatable bonds is 5. The van der Waals surface area contributed by atoms with Crippen molar-refractivity contribution in [3.8, 4) is 22.1 Å². The molecule has 0 aliphatic heterocycles. The molecule has 1 amide bonds. The Balaban J connectivity index is 1.43. The van der Waals surface area contributed by atoms with Gasteiger partial charge < -0.3 is 4.74 Å². The molecule has 3 aromatic carbocycles. The number of hydrogen-bond donors (Lipinski definition) is 1. The van der Waals surface area contributed by atoms with E-state index in [4.69, 9.17) is 4.74 Å². The average Bonchev–Trinajstić information content (AvgIpc) is 3.19. The molecule has 0 saturated carbocycles. The van der Waals surface area contributed by atoms with Gasteiger partial charge in [0, 0.05) is 20.1 Å². The van der Waals surface area contributed by atoms with Gasteiger partial charge in [0.15, 0.2) is 0 Å². The molecule has 0 aliphatic carbocycles. The minimum absolute atomic E-state index is 0.224. The minimum Gasteiger partial charge on any atom is -0.457 e. The maximum Gasteiger partial charge on any atom is 0.257 e. The van der Waals surface area contributed by atoms with Crippen LogP contribution in [-0.2, 0) is 0 Å². The fraction of sp³-hybridized carbons (Fsp3) is 0. The van der Waals surface area contributed by atoms with Crippen molar-refractivity contribution >= 4 is 54.2 Å². The summed E-state index contributed by atoms with van der Waals surface area (Å²) < 4.78 is 7.74. The van der Waals surface area contributed by atoms with Crippen LogP contribution in [0, 0.1) is 0 Å². The van der Waals surface area contributed by atoms with E-state index in [1.807, 2.05) is 60.7 Å². The number of aromatic nitrogens is 2. The SMILES string of the molecule is O=C(Nc1nnc(-c2ccc(Oc3ccc(Br)cc3)cc2)s1)c1ccc(Br)cc1. The third-order valence-corrected chi connectivity index (χ3v) is 5.85. The normalized spacial score (nSPS) is 10.6. The van der Waals surface area contributed by atoms with Crippen LogP contribution < -0.4 is 10.1 Å². The van der Waals surface area contributed by atoms with Crippen molar-refractivity contribution in [1.82, 2.24) is 10.2 Å². The lowest BCUT2D eigenvalue weighted by Crippen LogP contribution is -2.11. The minimum atomic E-state index is -0.224. The van der Waals surface area contributed by atoms with E-state index in [1.54, 1.807) is 12.1 Å². The highest BCUT2D eigenvalue weighted by atomic mass is 79.9. The first-order chi connectivity index (χ1) is 14.1. The van der Waals surface area contributed by atoms with Crippen molar-refractivity contribution in [3.05, 3.63) is 87.3 Å². The Morgan fingerprint density at radius 1 is 0.793 bits per heavy atom. The number of carbonyl (C=O) groups excluding carboxylic acids is 1. The van der Waals surface area contributed by atoms with Crippen LogP contribution in [0.2, 0.25) is 0 Å². The second kappa shape index (κ2) is 8.86. The summed E-state index contributed by atoms with van der Waals surface area (Å²) in [5, 5.41) is 12.2. The largest absolute Gasteiger partial charge is 0.457 e. The second-order valence-corrected chi connectivity index (χ2v) is 8.76. The number of anilines is 1. The Morgan fingerprint density at radius 2 is 1.34 bits per heavy atom. The standard InChI is InChI=1S/C21H13Br2N3O2S/c22-15-5-1-13(2-6-15)19(27)24-21-26-25-20(29-21)14-3-9-17(10-4-14)28-18-11-7-16(23)8-12-18/h1-12H,(H,24,26,27). The first kappa shape index (κ1) is 19.8. The van der Waals surface area contributed by atoms with Gasteiger partial charge in [0.1, 0.15) is 16.5 Å². The molecule has 8 heteroatoms. The average molecular weight is 531 g/mol. The van der Waals surface area contributed by atoms with Crippen molar-refractivity contribution in [2.45, 2.75) is 0 Å². The van der Waals surface area contributed by atoms with E-state index in [9.17, 15) is 4.79 Å². The summed E-state index contributed by atoms with van der Waals surface area (Å²) in [4.78, 5) is 12.3. The third kappa shape index (κ3) is 5.09.